The van der Waals surface area contributed by atoms with Crippen LogP contribution in [0.2, 0.25) is 0 Å². The number of hydrogen-bond acceptors (Lipinski definition) is 3. The predicted octanol–water partition coefficient (Wildman–Crippen LogP) is 7.24. The van der Waals surface area contributed by atoms with Crippen molar-refractivity contribution < 1.29 is 18.7 Å². The SMILES string of the molecule is CC(CC(=O)NCCN(C(=O)Nc1ccccc1F)c1ccc(Oc2ccccc2)cc1)CC(C)(C)C. The van der Waals surface area contributed by atoms with E-state index in [1.165, 1.54) is 17.0 Å². The number of urea groups is 1. The molecule has 37 heavy (non-hydrogen) atoms. The van der Waals surface area contributed by atoms with Crippen LogP contribution in [0.3, 0.4) is 0 Å². The minimum Gasteiger partial charge on any atom is -0.457 e. The van der Waals surface area contributed by atoms with Crippen LogP contribution in [0.25, 0.3) is 0 Å². The molecule has 0 aliphatic carbocycles. The number of benzene rings is 3. The maximum absolute atomic E-state index is 14.2. The van der Waals surface area contributed by atoms with Gasteiger partial charge >= 0.3 is 6.03 Å². The van der Waals surface area contributed by atoms with Crippen LogP contribution in [0.1, 0.15) is 40.5 Å². The summed E-state index contributed by atoms with van der Waals surface area (Å²) in [5, 5.41) is 5.54. The van der Waals surface area contributed by atoms with Gasteiger partial charge in [-0.1, -0.05) is 58.0 Å². The third-order valence-electron chi connectivity index (χ3n) is 5.64. The zero-order chi connectivity index (χ0) is 26.8. The molecule has 0 saturated heterocycles. The number of rotatable bonds is 10. The van der Waals surface area contributed by atoms with Gasteiger partial charge in [-0.05, 0) is 66.3 Å². The zero-order valence-corrected chi connectivity index (χ0v) is 22.0. The van der Waals surface area contributed by atoms with E-state index < -0.39 is 11.8 Å². The molecule has 0 aliphatic heterocycles. The molecule has 3 aromatic rings. The molecule has 7 heteroatoms. The Morgan fingerprint density at radius 1 is 0.919 bits per heavy atom. The number of carbonyl (C=O) groups excluding carboxylic acids is 2. The summed E-state index contributed by atoms with van der Waals surface area (Å²) >= 11 is 0. The summed E-state index contributed by atoms with van der Waals surface area (Å²) in [4.78, 5) is 27.1. The van der Waals surface area contributed by atoms with Crippen molar-refractivity contribution in [1.82, 2.24) is 5.32 Å². The van der Waals surface area contributed by atoms with Crippen molar-refractivity contribution in [3.8, 4) is 11.5 Å². The van der Waals surface area contributed by atoms with Crippen molar-refractivity contribution in [3.05, 3.63) is 84.7 Å². The highest BCUT2D eigenvalue weighted by Gasteiger charge is 2.20. The van der Waals surface area contributed by atoms with Crippen LogP contribution in [-0.2, 0) is 4.79 Å². The molecule has 196 valence electrons. The van der Waals surface area contributed by atoms with Crippen molar-refractivity contribution in [2.45, 2.75) is 40.5 Å². The zero-order valence-electron chi connectivity index (χ0n) is 22.0. The lowest BCUT2D eigenvalue weighted by molar-refractivity contribution is -0.122. The van der Waals surface area contributed by atoms with Gasteiger partial charge in [0.15, 0.2) is 0 Å². The molecular formula is C30H36FN3O3. The third kappa shape index (κ3) is 9.26. The maximum Gasteiger partial charge on any atom is 0.326 e. The summed E-state index contributed by atoms with van der Waals surface area (Å²) in [5.74, 6) is 0.984. The topological polar surface area (TPSA) is 70.7 Å². The Morgan fingerprint density at radius 3 is 2.19 bits per heavy atom. The highest BCUT2D eigenvalue weighted by atomic mass is 19.1. The minimum absolute atomic E-state index is 0.0576. The second-order valence-electron chi connectivity index (χ2n) is 10.4. The molecule has 2 N–H and O–H groups in total. The van der Waals surface area contributed by atoms with Gasteiger partial charge in [-0.3, -0.25) is 9.69 Å². The summed E-state index contributed by atoms with van der Waals surface area (Å²) in [6, 6.07) is 21.9. The molecule has 0 spiro atoms. The number of nitrogens with one attached hydrogen (secondary N) is 2. The largest absolute Gasteiger partial charge is 0.457 e. The van der Waals surface area contributed by atoms with E-state index in [0.717, 1.165) is 6.42 Å². The highest BCUT2D eigenvalue weighted by molar-refractivity contribution is 6.01. The Morgan fingerprint density at radius 2 is 1.54 bits per heavy atom. The average molecular weight is 506 g/mol. The van der Waals surface area contributed by atoms with Gasteiger partial charge < -0.3 is 15.4 Å². The summed E-state index contributed by atoms with van der Waals surface area (Å²) in [7, 11) is 0. The molecule has 0 saturated carbocycles. The van der Waals surface area contributed by atoms with Gasteiger partial charge in [-0.25, -0.2) is 9.18 Å². The Bertz CT molecular complexity index is 1160. The van der Waals surface area contributed by atoms with E-state index in [1.807, 2.05) is 30.3 Å². The van der Waals surface area contributed by atoms with Gasteiger partial charge in [0.1, 0.15) is 17.3 Å². The predicted molar refractivity (Wildman–Crippen MR) is 147 cm³/mol. The molecule has 0 heterocycles. The van der Waals surface area contributed by atoms with E-state index in [9.17, 15) is 14.0 Å². The van der Waals surface area contributed by atoms with E-state index in [-0.39, 0.29) is 36.0 Å². The molecule has 0 aromatic heterocycles. The first kappa shape index (κ1) is 27.7. The first-order valence-corrected chi connectivity index (χ1v) is 12.5. The maximum atomic E-state index is 14.2. The van der Waals surface area contributed by atoms with Crippen LogP contribution in [0, 0.1) is 17.2 Å². The number of amides is 3. The van der Waals surface area contributed by atoms with E-state index >= 15 is 0 Å². The van der Waals surface area contributed by atoms with Crippen LogP contribution in [0.5, 0.6) is 11.5 Å². The fourth-order valence-corrected chi connectivity index (χ4v) is 4.23. The molecule has 3 rings (SSSR count). The minimum atomic E-state index is -0.524. The van der Waals surface area contributed by atoms with E-state index in [1.54, 1.807) is 36.4 Å². The first-order chi connectivity index (χ1) is 17.6. The molecule has 1 atom stereocenters. The van der Waals surface area contributed by atoms with Crippen molar-refractivity contribution in [2.75, 3.05) is 23.3 Å². The van der Waals surface area contributed by atoms with Gasteiger partial charge in [0.25, 0.3) is 0 Å². The van der Waals surface area contributed by atoms with E-state index in [4.69, 9.17) is 4.74 Å². The lowest BCUT2D eigenvalue weighted by Gasteiger charge is -2.25. The van der Waals surface area contributed by atoms with Gasteiger partial charge in [0.2, 0.25) is 5.91 Å². The standard InChI is InChI=1S/C30H36FN3O3/c1-22(21-30(2,3)4)20-28(35)32-18-19-34(29(36)33-27-13-9-8-12-26(27)31)23-14-16-25(17-15-23)37-24-10-6-5-7-11-24/h5-17,22H,18-21H2,1-4H3,(H,32,35)(H,33,36). The Hall–Kier alpha value is -3.87. The number of para-hydroxylation sites is 2. The number of carbonyl (C=O) groups is 2. The first-order valence-electron chi connectivity index (χ1n) is 12.5. The number of halogens is 1. The Kier molecular flexibility index (Phi) is 9.66. The number of nitrogens with zero attached hydrogens (tertiary/aromatic N) is 1. The van der Waals surface area contributed by atoms with Crippen LogP contribution in [0.4, 0.5) is 20.6 Å². The summed E-state index contributed by atoms with van der Waals surface area (Å²) in [6.07, 6.45) is 1.36. The monoisotopic (exact) mass is 505 g/mol. The summed E-state index contributed by atoms with van der Waals surface area (Å²) < 4.78 is 20.0. The van der Waals surface area contributed by atoms with Crippen molar-refractivity contribution in [2.24, 2.45) is 11.3 Å². The average Bonchev–Trinajstić information content (AvgIpc) is 2.83. The molecule has 1 unspecified atom stereocenters. The van der Waals surface area contributed by atoms with Gasteiger partial charge in [-0.15, -0.1) is 0 Å². The second kappa shape index (κ2) is 12.9. The summed E-state index contributed by atoms with van der Waals surface area (Å²) in [5.41, 5.74) is 0.823. The highest BCUT2D eigenvalue weighted by Crippen LogP contribution is 2.26. The molecule has 0 fully saturated rings. The fraction of sp³-hybridized carbons (Fsp3) is 0.333. The number of anilines is 2. The van der Waals surface area contributed by atoms with E-state index in [2.05, 4.69) is 38.3 Å². The molecule has 0 radical (unpaired) electrons. The smallest absolute Gasteiger partial charge is 0.326 e. The van der Waals surface area contributed by atoms with Crippen LogP contribution in [0.15, 0.2) is 78.9 Å². The van der Waals surface area contributed by atoms with Crippen LogP contribution < -0.4 is 20.3 Å². The molecule has 6 nitrogen and oxygen atoms in total. The molecule has 3 aromatic carbocycles. The lowest BCUT2D eigenvalue weighted by atomic mass is 9.84. The van der Waals surface area contributed by atoms with Crippen molar-refractivity contribution in [3.63, 3.8) is 0 Å². The summed E-state index contributed by atoms with van der Waals surface area (Å²) in [6.45, 7) is 9.00. The lowest BCUT2D eigenvalue weighted by Crippen LogP contribution is -2.41. The number of ether oxygens (including phenoxy) is 1. The van der Waals surface area contributed by atoms with Crippen LogP contribution in [-0.4, -0.2) is 25.0 Å². The Balaban J connectivity index is 1.68. The molecule has 0 bridgehead atoms. The molecular weight excluding hydrogens is 469 g/mol. The fourth-order valence-electron chi connectivity index (χ4n) is 4.23. The van der Waals surface area contributed by atoms with Crippen molar-refractivity contribution >= 4 is 23.3 Å². The second-order valence-corrected chi connectivity index (χ2v) is 10.4. The van der Waals surface area contributed by atoms with Crippen molar-refractivity contribution in [1.29, 1.82) is 0 Å². The van der Waals surface area contributed by atoms with Gasteiger partial charge in [-0.2, -0.15) is 0 Å². The van der Waals surface area contributed by atoms with E-state index in [0.29, 0.717) is 23.6 Å². The van der Waals surface area contributed by atoms with Crippen LogP contribution >= 0.6 is 0 Å². The van der Waals surface area contributed by atoms with Gasteiger partial charge in [0.05, 0.1) is 5.69 Å². The number of hydrogen-bond donors (Lipinski definition) is 2. The Labute approximate surface area is 218 Å². The molecule has 0 aliphatic rings. The van der Waals surface area contributed by atoms with Gasteiger partial charge in [0, 0.05) is 25.2 Å². The third-order valence-corrected chi connectivity index (χ3v) is 5.64. The molecule has 3 amide bonds. The quantitative estimate of drug-likeness (QED) is 0.305. The normalized spacial score (nSPS) is 11.9.